The monoisotopic (exact) mass is 349 g/mol. The van der Waals surface area contributed by atoms with Gasteiger partial charge in [0.2, 0.25) is 0 Å². The molecule has 19 heavy (non-hydrogen) atoms. The summed E-state index contributed by atoms with van der Waals surface area (Å²) >= 11 is 3.06. The van der Waals surface area contributed by atoms with Gasteiger partial charge in [-0.05, 0) is 28.1 Å². The van der Waals surface area contributed by atoms with Gasteiger partial charge in [-0.25, -0.2) is 4.39 Å². The van der Waals surface area contributed by atoms with Crippen molar-refractivity contribution in [1.29, 1.82) is 0 Å². The highest BCUT2D eigenvalue weighted by molar-refractivity contribution is 9.10. The van der Waals surface area contributed by atoms with Crippen LogP contribution in [0.25, 0.3) is 0 Å². The molecule has 0 aliphatic heterocycles. The van der Waals surface area contributed by atoms with Crippen LogP contribution in [0.1, 0.15) is 5.56 Å². The highest BCUT2D eigenvalue weighted by Gasteiger charge is 2.22. The number of sulfonamides is 1. The Morgan fingerprint density at radius 2 is 2.21 bits per heavy atom. The number of hydrogen-bond donors (Lipinski definition) is 3. The number of para-hydroxylation sites is 1. The predicted molar refractivity (Wildman–Crippen MR) is 69.4 cm³/mol. The van der Waals surface area contributed by atoms with Crippen LogP contribution in [0, 0.1) is 5.82 Å². The van der Waals surface area contributed by atoms with Crippen LogP contribution in [-0.4, -0.2) is 23.7 Å². The first-order valence-electron chi connectivity index (χ1n) is 5.05. The van der Waals surface area contributed by atoms with E-state index < -0.39 is 22.4 Å². The van der Waals surface area contributed by atoms with Crippen LogP contribution in [0.2, 0.25) is 0 Å². The number of nitrogens with zero attached hydrogens (tertiary/aromatic N) is 1. The minimum atomic E-state index is -4.06. The molecule has 0 saturated carbocycles. The Morgan fingerprint density at radius 1 is 1.47 bits per heavy atom. The van der Waals surface area contributed by atoms with E-state index in [0.29, 0.717) is 0 Å². The number of hydrogen-bond acceptors (Lipinski definition) is 4. The first-order valence-corrected chi connectivity index (χ1v) is 7.33. The predicted octanol–water partition coefficient (Wildman–Crippen LogP) is 1.60. The molecule has 102 valence electrons. The average Bonchev–Trinajstić information content (AvgIpc) is 2.83. The molecule has 6 nitrogen and oxygen atoms in total. The van der Waals surface area contributed by atoms with E-state index in [0.717, 1.165) is 6.07 Å². The summed E-state index contributed by atoms with van der Waals surface area (Å²) in [4.78, 5) is 0. The number of nitrogens with one attached hydrogen (secondary N) is 2. The maximum Gasteiger partial charge on any atom is 0.279 e. The van der Waals surface area contributed by atoms with Gasteiger partial charge < -0.3 is 5.11 Å². The second-order valence-electron chi connectivity index (χ2n) is 3.58. The molecule has 3 N–H and O–H groups in total. The average molecular weight is 350 g/mol. The first kappa shape index (κ1) is 14.0. The van der Waals surface area contributed by atoms with Crippen molar-refractivity contribution in [2.45, 2.75) is 11.6 Å². The third-order valence-corrected chi connectivity index (χ3v) is 4.34. The molecule has 0 fully saturated rings. The molecule has 0 bridgehead atoms. The minimum absolute atomic E-state index is 0.0972. The van der Waals surface area contributed by atoms with E-state index in [-0.39, 0.29) is 20.7 Å². The van der Waals surface area contributed by atoms with Gasteiger partial charge in [-0.15, -0.1) is 0 Å². The molecule has 0 unspecified atom stereocenters. The number of benzene rings is 1. The fourth-order valence-corrected chi connectivity index (χ4v) is 3.21. The van der Waals surface area contributed by atoms with Crippen molar-refractivity contribution >= 4 is 31.6 Å². The maximum absolute atomic E-state index is 13.6. The molecule has 1 aromatic heterocycles. The van der Waals surface area contributed by atoms with E-state index in [9.17, 15) is 12.8 Å². The number of aromatic amines is 1. The van der Waals surface area contributed by atoms with Gasteiger partial charge >= 0.3 is 0 Å². The number of anilines is 1. The molecule has 0 saturated heterocycles. The number of H-pyrrole nitrogens is 1. The molecule has 1 heterocycles. The van der Waals surface area contributed by atoms with Gasteiger partial charge in [0.05, 0.1) is 18.5 Å². The Kier molecular flexibility index (Phi) is 3.88. The number of halogens is 2. The maximum atomic E-state index is 13.6. The molecule has 9 heteroatoms. The molecule has 0 amide bonds. The second kappa shape index (κ2) is 5.27. The van der Waals surface area contributed by atoms with Crippen LogP contribution < -0.4 is 4.72 Å². The van der Waals surface area contributed by atoms with Crippen LogP contribution in [0.4, 0.5) is 10.1 Å². The Bertz CT molecular complexity index is 682. The summed E-state index contributed by atoms with van der Waals surface area (Å²) in [6, 6.07) is 4.07. The third kappa shape index (κ3) is 2.77. The molecular formula is C10H9BrFN3O3S. The SMILES string of the molecule is O=S(=O)(Nc1c(F)cccc1Br)c1[nH]ncc1CO. The van der Waals surface area contributed by atoms with Crippen molar-refractivity contribution in [3.8, 4) is 0 Å². The summed E-state index contributed by atoms with van der Waals surface area (Å²) in [6.07, 6.45) is 1.19. The smallest absolute Gasteiger partial charge is 0.279 e. The second-order valence-corrected chi connectivity index (χ2v) is 6.06. The molecule has 2 aromatic rings. The van der Waals surface area contributed by atoms with Crippen molar-refractivity contribution in [3.05, 3.63) is 40.2 Å². The lowest BCUT2D eigenvalue weighted by atomic mass is 10.3. The molecule has 0 aliphatic rings. The van der Waals surface area contributed by atoms with Gasteiger partial charge in [0.1, 0.15) is 5.82 Å². The van der Waals surface area contributed by atoms with Crippen LogP contribution >= 0.6 is 15.9 Å². The normalized spacial score (nSPS) is 11.5. The van der Waals surface area contributed by atoms with Gasteiger partial charge in [0.25, 0.3) is 10.0 Å². The zero-order chi connectivity index (χ0) is 14.0. The lowest BCUT2D eigenvalue weighted by molar-refractivity contribution is 0.278. The fraction of sp³-hybridized carbons (Fsp3) is 0.100. The minimum Gasteiger partial charge on any atom is -0.392 e. The lowest BCUT2D eigenvalue weighted by Crippen LogP contribution is -2.16. The lowest BCUT2D eigenvalue weighted by Gasteiger charge is -2.10. The van der Waals surface area contributed by atoms with E-state index in [4.69, 9.17) is 5.11 Å². The molecular weight excluding hydrogens is 341 g/mol. The zero-order valence-electron chi connectivity index (χ0n) is 9.39. The van der Waals surface area contributed by atoms with Crippen molar-refractivity contribution in [3.63, 3.8) is 0 Å². The number of aromatic nitrogens is 2. The summed E-state index contributed by atoms with van der Waals surface area (Å²) in [6.45, 7) is -0.495. The number of rotatable bonds is 4. The van der Waals surface area contributed by atoms with Crippen LogP contribution in [0.3, 0.4) is 0 Å². The van der Waals surface area contributed by atoms with Gasteiger partial charge in [-0.3, -0.25) is 9.82 Å². The first-order chi connectivity index (χ1) is 8.95. The van der Waals surface area contributed by atoms with Crippen LogP contribution in [-0.2, 0) is 16.6 Å². The van der Waals surface area contributed by atoms with Crippen molar-refractivity contribution in [1.82, 2.24) is 10.2 Å². The van der Waals surface area contributed by atoms with Gasteiger partial charge in [-0.2, -0.15) is 13.5 Å². The van der Waals surface area contributed by atoms with Crippen LogP contribution in [0.15, 0.2) is 33.9 Å². The number of aliphatic hydroxyl groups excluding tert-OH is 1. The molecule has 0 radical (unpaired) electrons. The Labute approximate surface area is 116 Å². The quantitative estimate of drug-likeness (QED) is 0.781. The summed E-state index contributed by atoms with van der Waals surface area (Å²) in [5.41, 5.74) is -0.110. The Morgan fingerprint density at radius 3 is 2.84 bits per heavy atom. The highest BCUT2D eigenvalue weighted by atomic mass is 79.9. The molecule has 2 rings (SSSR count). The highest BCUT2D eigenvalue weighted by Crippen LogP contribution is 2.27. The van der Waals surface area contributed by atoms with Gasteiger partial charge in [0, 0.05) is 10.0 Å². The topological polar surface area (TPSA) is 95.1 Å². The third-order valence-electron chi connectivity index (χ3n) is 2.32. The number of aliphatic hydroxyl groups is 1. The van der Waals surface area contributed by atoms with Crippen molar-refractivity contribution in [2.24, 2.45) is 0 Å². The Balaban J connectivity index is 2.43. The van der Waals surface area contributed by atoms with Gasteiger partial charge in [-0.1, -0.05) is 6.07 Å². The largest absolute Gasteiger partial charge is 0.392 e. The summed E-state index contributed by atoms with van der Waals surface area (Å²) in [5.74, 6) is -0.719. The summed E-state index contributed by atoms with van der Waals surface area (Å²) in [5, 5.41) is 14.5. The molecule has 0 spiro atoms. The summed E-state index contributed by atoms with van der Waals surface area (Å²) in [7, 11) is -4.06. The molecule has 0 atom stereocenters. The fourth-order valence-electron chi connectivity index (χ4n) is 1.43. The van der Waals surface area contributed by atoms with Gasteiger partial charge in [0.15, 0.2) is 5.03 Å². The van der Waals surface area contributed by atoms with E-state index in [1.807, 2.05) is 0 Å². The van der Waals surface area contributed by atoms with E-state index in [1.54, 1.807) is 0 Å². The van der Waals surface area contributed by atoms with E-state index in [2.05, 4.69) is 30.8 Å². The zero-order valence-corrected chi connectivity index (χ0v) is 11.8. The molecule has 0 aliphatic carbocycles. The van der Waals surface area contributed by atoms with Crippen molar-refractivity contribution < 1.29 is 17.9 Å². The summed E-state index contributed by atoms with van der Waals surface area (Å²) < 4.78 is 40.1. The van der Waals surface area contributed by atoms with Crippen molar-refractivity contribution in [2.75, 3.05) is 4.72 Å². The van der Waals surface area contributed by atoms with E-state index in [1.165, 1.54) is 18.3 Å². The standard InChI is InChI=1S/C10H9BrFN3O3S/c11-7-2-1-3-8(12)9(7)15-19(17,18)10-6(5-16)4-13-14-10/h1-4,15-16H,5H2,(H,13,14). The van der Waals surface area contributed by atoms with E-state index >= 15 is 0 Å². The molecule has 1 aromatic carbocycles. The Hall–Kier alpha value is -1.45. The van der Waals surface area contributed by atoms with Crippen LogP contribution in [0.5, 0.6) is 0 Å².